The molecule has 0 spiro atoms. The molecule has 2 amide bonds. The molecule has 2 aromatic carbocycles. The van der Waals surface area contributed by atoms with Crippen molar-refractivity contribution < 1.29 is 4.79 Å². The van der Waals surface area contributed by atoms with Gasteiger partial charge in [0.2, 0.25) is 0 Å². The summed E-state index contributed by atoms with van der Waals surface area (Å²) in [5.41, 5.74) is 5.74. The first-order chi connectivity index (χ1) is 22.6. The van der Waals surface area contributed by atoms with E-state index in [4.69, 9.17) is 23.2 Å². The van der Waals surface area contributed by atoms with Gasteiger partial charge < -0.3 is 20.9 Å². The Morgan fingerprint density at radius 3 is 2.32 bits per heavy atom. The van der Waals surface area contributed by atoms with Crippen LogP contribution in [0.15, 0.2) is 84.1 Å². The molecule has 3 N–H and O–H groups in total. The summed E-state index contributed by atoms with van der Waals surface area (Å²) in [5, 5.41) is 13.7. The molecule has 0 saturated heterocycles. The van der Waals surface area contributed by atoms with Crippen molar-refractivity contribution in [1.29, 1.82) is 0 Å². The van der Waals surface area contributed by atoms with Crippen LogP contribution in [0.4, 0.5) is 16.2 Å². The van der Waals surface area contributed by atoms with Crippen LogP contribution in [-0.4, -0.2) is 51.9 Å². The molecule has 1 fully saturated rings. The van der Waals surface area contributed by atoms with Gasteiger partial charge in [0.1, 0.15) is 5.69 Å². The predicted octanol–water partition coefficient (Wildman–Crippen LogP) is 7.85. The lowest BCUT2D eigenvalue weighted by atomic mass is 9.92. The highest BCUT2D eigenvalue weighted by molar-refractivity contribution is 6.39. The highest BCUT2D eigenvalue weighted by Gasteiger charge is 2.35. The van der Waals surface area contributed by atoms with Crippen molar-refractivity contribution in [3.63, 3.8) is 0 Å². The Labute approximate surface area is 286 Å². The molecular formula is C36H41Cl2N7O2. The molecule has 47 heavy (non-hydrogen) atoms. The van der Waals surface area contributed by atoms with E-state index in [0.29, 0.717) is 17.8 Å². The minimum absolute atomic E-state index is 0.0689. The predicted molar refractivity (Wildman–Crippen MR) is 192 cm³/mol. The number of aromatic nitrogens is 3. The summed E-state index contributed by atoms with van der Waals surface area (Å²) in [4.78, 5) is 32.2. The molecule has 0 bridgehead atoms. The zero-order valence-corrected chi connectivity index (χ0v) is 28.6. The second-order valence-corrected chi connectivity index (χ2v) is 13.0. The van der Waals surface area contributed by atoms with E-state index in [2.05, 4.69) is 75.9 Å². The molecule has 4 aromatic rings. The van der Waals surface area contributed by atoms with Gasteiger partial charge in [0.05, 0.1) is 21.4 Å². The van der Waals surface area contributed by atoms with Crippen LogP contribution in [0, 0.1) is 0 Å². The maximum absolute atomic E-state index is 13.0. The van der Waals surface area contributed by atoms with E-state index in [-0.39, 0.29) is 21.4 Å². The Kier molecular flexibility index (Phi) is 11.0. The molecule has 0 radical (unpaired) electrons. The second kappa shape index (κ2) is 15.2. The Bertz CT molecular complexity index is 1780. The molecular weight excluding hydrogens is 633 g/mol. The summed E-state index contributed by atoms with van der Waals surface area (Å²) in [7, 11) is 4.40. The molecule has 5 rings (SSSR count). The SMILES string of the molecule is C=C(Cc1ccc(-c2cccc(-c3cc(NC(=O)Nc4c(Cl)cncc4Cl)c(=O)n(CC)n3)c2)cc1)NCCC1(N(C)C)CCCC1. The van der Waals surface area contributed by atoms with Gasteiger partial charge in [0, 0.05) is 48.7 Å². The van der Waals surface area contributed by atoms with Crippen LogP contribution in [0.5, 0.6) is 0 Å². The average molecular weight is 675 g/mol. The summed E-state index contributed by atoms with van der Waals surface area (Å²) in [6.07, 6.45) is 9.78. The quantitative estimate of drug-likeness (QED) is 0.141. The minimum Gasteiger partial charge on any atom is -0.388 e. The van der Waals surface area contributed by atoms with E-state index in [1.165, 1.54) is 48.3 Å². The maximum Gasteiger partial charge on any atom is 0.323 e. The van der Waals surface area contributed by atoms with Gasteiger partial charge in [-0.15, -0.1) is 0 Å². The number of pyridine rings is 1. The number of anilines is 2. The summed E-state index contributed by atoms with van der Waals surface area (Å²) < 4.78 is 1.31. The molecule has 2 aromatic heterocycles. The lowest BCUT2D eigenvalue weighted by Gasteiger charge is -2.36. The zero-order chi connectivity index (χ0) is 33.6. The Hall–Kier alpha value is -4.18. The first-order valence-corrected chi connectivity index (χ1v) is 16.6. The maximum atomic E-state index is 13.0. The Morgan fingerprint density at radius 1 is 0.979 bits per heavy atom. The van der Waals surface area contributed by atoms with Crippen LogP contribution in [0.25, 0.3) is 22.4 Å². The van der Waals surface area contributed by atoms with Crippen molar-refractivity contribution >= 4 is 40.6 Å². The normalized spacial score (nSPS) is 13.8. The summed E-state index contributed by atoms with van der Waals surface area (Å²) in [5.74, 6) is 0. The van der Waals surface area contributed by atoms with Crippen molar-refractivity contribution in [2.75, 3.05) is 31.3 Å². The van der Waals surface area contributed by atoms with Crippen LogP contribution in [-0.2, 0) is 13.0 Å². The van der Waals surface area contributed by atoms with Gasteiger partial charge in [-0.25, -0.2) is 9.48 Å². The van der Waals surface area contributed by atoms with Gasteiger partial charge in [-0.2, -0.15) is 5.10 Å². The number of allylic oxidation sites excluding steroid dienone is 1. The summed E-state index contributed by atoms with van der Waals surface area (Å²) in [6, 6.07) is 17.3. The molecule has 1 aliphatic carbocycles. The van der Waals surface area contributed by atoms with Crippen LogP contribution in [0.1, 0.15) is 44.6 Å². The fourth-order valence-electron chi connectivity index (χ4n) is 6.19. The lowest BCUT2D eigenvalue weighted by Crippen LogP contribution is -2.43. The summed E-state index contributed by atoms with van der Waals surface area (Å²) >= 11 is 12.3. The monoisotopic (exact) mass is 673 g/mol. The van der Waals surface area contributed by atoms with E-state index in [0.717, 1.165) is 41.8 Å². The second-order valence-electron chi connectivity index (χ2n) is 12.2. The van der Waals surface area contributed by atoms with E-state index < -0.39 is 11.6 Å². The van der Waals surface area contributed by atoms with Crippen molar-refractivity contribution in [3.8, 4) is 22.4 Å². The van der Waals surface area contributed by atoms with Gasteiger partial charge in [-0.3, -0.25) is 9.78 Å². The molecule has 2 heterocycles. The lowest BCUT2D eigenvalue weighted by molar-refractivity contribution is 0.146. The number of urea groups is 1. The highest BCUT2D eigenvalue weighted by Crippen LogP contribution is 2.36. The first-order valence-electron chi connectivity index (χ1n) is 15.9. The van der Waals surface area contributed by atoms with Crippen LogP contribution >= 0.6 is 23.2 Å². The third-order valence-electron chi connectivity index (χ3n) is 8.93. The fraction of sp³-hybridized carbons (Fsp3) is 0.333. The van der Waals surface area contributed by atoms with Crippen molar-refractivity contribution in [2.24, 2.45) is 0 Å². The van der Waals surface area contributed by atoms with Crippen LogP contribution < -0.4 is 21.5 Å². The molecule has 0 unspecified atom stereocenters. The number of nitrogens with zero attached hydrogens (tertiary/aromatic N) is 4. The van der Waals surface area contributed by atoms with Gasteiger partial charge in [0.25, 0.3) is 5.56 Å². The third kappa shape index (κ3) is 8.22. The fourth-order valence-corrected chi connectivity index (χ4v) is 6.65. The molecule has 246 valence electrons. The number of nitrogens with one attached hydrogen (secondary N) is 3. The zero-order valence-electron chi connectivity index (χ0n) is 27.1. The molecule has 9 nitrogen and oxygen atoms in total. The van der Waals surface area contributed by atoms with Gasteiger partial charge in [0.15, 0.2) is 0 Å². The minimum atomic E-state index is -0.671. The Morgan fingerprint density at radius 2 is 1.66 bits per heavy atom. The van der Waals surface area contributed by atoms with Crippen LogP contribution in [0.3, 0.4) is 0 Å². The smallest absolute Gasteiger partial charge is 0.323 e. The number of halogens is 2. The van der Waals surface area contributed by atoms with Gasteiger partial charge >= 0.3 is 6.03 Å². The number of benzene rings is 2. The van der Waals surface area contributed by atoms with E-state index in [1.54, 1.807) is 6.07 Å². The molecule has 0 aliphatic heterocycles. The van der Waals surface area contributed by atoms with Crippen molar-refractivity contribution in [2.45, 2.75) is 57.5 Å². The topological polar surface area (TPSA) is 104 Å². The number of hydrogen-bond acceptors (Lipinski definition) is 6. The standard InChI is InChI=1S/C36H41Cl2N7O2/c1-5-45-34(46)32(41-35(47)42-33-29(37)22-39-23-30(33)38)21-31(43-45)28-10-8-9-27(20-28)26-13-11-25(12-14-26)19-24(2)40-18-17-36(44(3)4)15-6-7-16-36/h8-14,20-23,40H,2,5-7,15-19H2,1,3-4H3,(H2,39,41,42,47). The number of carbonyl (C=O) groups is 1. The average Bonchev–Trinajstić information content (AvgIpc) is 3.55. The summed E-state index contributed by atoms with van der Waals surface area (Å²) in [6.45, 7) is 7.35. The number of rotatable bonds is 12. The first kappa shape index (κ1) is 34.2. The third-order valence-corrected chi connectivity index (χ3v) is 9.50. The number of amides is 2. The number of carbonyl (C=O) groups excluding carboxylic acids is 1. The van der Waals surface area contributed by atoms with Crippen molar-refractivity contribution in [3.05, 3.63) is 105 Å². The highest BCUT2D eigenvalue weighted by atomic mass is 35.5. The van der Waals surface area contributed by atoms with E-state index >= 15 is 0 Å². The molecule has 0 atom stereocenters. The van der Waals surface area contributed by atoms with E-state index in [1.807, 2.05) is 31.2 Å². The molecule has 11 heteroatoms. The van der Waals surface area contributed by atoms with Crippen molar-refractivity contribution in [1.82, 2.24) is 25.0 Å². The van der Waals surface area contributed by atoms with E-state index in [9.17, 15) is 9.59 Å². The van der Waals surface area contributed by atoms with Gasteiger partial charge in [-0.05, 0) is 69.1 Å². The number of aryl methyl sites for hydroxylation is 1. The molecule has 1 aliphatic rings. The Balaban J connectivity index is 1.26. The van der Waals surface area contributed by atoms with Gasteiger partial charge in [-0.1, -0.05) is 85.1 Å². The van der Waals surface area contributed by atoms with Crippen LogP contribution in [0.2, 0.25) is 10.0 Å². The number of hydrogen-bond donors (Lipinski definition) is 3. The largest absolute Gasteiger partial charge is 0.388 e. The molecule has 1 saturated carbocycles.